The van der Waals surface area contributed by atoms with Crippen LogP contribution in [0.3, 0.4) is 0 Å². The van der Waals surface area contributed by atoms with E-state index in [1.807, 2.05) is 13.0 Å². The van der Waals surface area contributed by atoms with E-state index in [-0.39, 0.29) is 13.0 Å². The van der Waals surface area contributed by atoms with Gasteiger partial charge in [-0.25, -0.2) is 0 Å². The molecule has 17 heavy (non-hydrogen) atoms. The molecule has 0 aliphatic carbocycles. The predicted octanol–water partition coefficient (Wildman–Crippen LogP) is 2.74. The molecule has 1 rings (SSSR count). The highest BCUT2D eigenvalue weighted by Gasteiger charge is 2.20. The largest absolute Gasteiger partial charge is 0.390 e. The van der Waals surface area contributed by atoms with Gasteiger partial charge in [-0.1, -0.05) is 34.4 Å². The number of hydrogen-bond donors (Lipinski definition) is 2. The third kappa shape index (κ3) is 3.91. The number of benzene rings is 1. The summed E-state index contributed by atoms with van der Waals surface area (Å²) < 4.78 is 0. The lowest BCUT2D eigenvalue weighted by Gasteiger charge is -2.18. The summed E-state index contributed by atoms with van der Waals surface area (Å²) in [6, 6.07) is 5.23. The smallest absolute Gasteiger partial charge is 0.106 e. The molecule has 0 spiro atoms. The molecule has 0 amide bonds. The molecule has 0 bridgehead atoms. The topological polar surface area (TPSA) is 89.2 Å². The number of halogens is 1. The van der Waals surface area contributed by atoms with Crippen molar-refractivity contribution in [1.29, 1.82) is 0 Å². The van der Waals surface area contributed by atoms with Crippen molar-refractivity contribution >= 4 is 11.6 Å². The Hall–Kier alpha value is -1.26. The Bertz CT molecular complexity index is 433. The first-order valence-electron chi connectivity index (χ1n) is 5.19. The zero-order valence-corrected chi connectivity index (χ0v) is 10.2. The van der Waals surface area contributed by atoms with Gasteiger partial charge >= 0.3 is 0 Å². The minimum Gasteiger partial charge on any atom is -0.390 e. The Morgan fingerprint density at radius 1 is 1.47 bits per heavy atom. The monoisotopic (exact) mass is 255 g/mol. The summed E-state index contributed by atoms with van der Waals surface area (Å²) >= 11 is 5.94. The molecule has 2 atom stereocenters. The second-order valence-electron chi connectivity index (χ2n) is 3.78. The van der Waals surface area contributed by atoms with E-state index < -0.39 is 12.2 Å². The summed E-state index contributed by atoms with van der Waals surface area (Å²) in [5.74, 6) is 0. The van der Waals surface area contributed by atoms with Crippen LogP contribution >= 0.6 is 11.6 Å². The van der Waals surface area contributed by atoms with E-state index in [2.05, 4.69) is 10.0 Å². The van der Waals surface area contributed by atoms with Gasteiger partial charge in [0.25, 0.3) is 0 Å². The molecule has 5 nitrogen and oxygen atoms in total. The average Bonchev–Trinajstić information content (AvgIpc) is 2.31. The zero-order valence-electron chi connectivity index (χ0n) is 9.41. The second kappa shape index (κ2) is 6.47. The van der Waals surface area contributed by atoms with Gasteiger partial charge in [0.15, 0.2) is 0 Å². The Balaban J connectivity index is 2.76. The predicted molar refractivity (Wildman–Crippen MR) is 65.8 cm³/mol. The lowest BCUT2D eigenvalue weighted by molar-refractivity contribution is 0.0151. The van der Waals surface area contributed by atoms with E-state index in [4.69, 9.17) is 17.1 Å². The lowest BCUT2D eigenvalue weighted by atomic mass is 10.0. The molecule has 2 unspecified atom stereocenters. The molecule has 0 radical (unpaired) electrons. The van der Waals surface area contributed by atoms with Crippen LogP contribution in [0.15, 0.2) is 23.3 Å². The maximum atomic E-state index is 9.92. The molecule has 0 heterocycles. The van der Waals surface area contributed by atoms with E-state index >= 15 is 0 Å². The summed E-state index contributed by atoms with van der Waals surface area (Å²) in [5.41, 5.74) is 9.54. The summed E-state index contributed by atoms with van der Waals surface area (Å²) in [5, 5.41) is 23.4. The Morgan fingerprint density at radius 2 is 2.18 bits per heavy atom. The molecule has 92 valence electrons. The van der Waals surface area contributed by atoms with Crippen LogP contribution in [0, 0.1) is 6.92 Å². The Labute approximate surface area is 104 Å². The van der Waals surface area contributed by atoms with Crippen LogP contribution in [-0.4, -0.2) is 22.9 Å². The number of hydrogen-bond acceptors (Lipinski definition) is 3. The van der Waals surface area contributed by atoms with Gasteiger partial charge in [0, 0.05) is 22.0 Å². The van der Waals surface area contributed by atoms with Crippen LogP contribution in [0.2, 0.25) is 5.02 Å². The highest BCUT2D eigenvalue weighted by atomic mass is 35.5. The first kappa shape index (κ1) is 13.8. The number of aliphatic hydroxyl groups excluding tert-OH is 2. The molecule has 2 N–H and O–H groups in total. The fourth-order valence-electron chi connectivity index (χ4n) is 1.49. The SMILES string of the molecule is Cc1ccc(Cl)c(C(O)C(O)CCN=[N+]=[N-])c1. The molecule has 1 aromatic rings. The highest BCUT2D eigenvalue weighted by Crippen LogP contribution is 2.27. The third-order valence-electron chi connectivity index (χ3n) is 2.42. The van der Waals surface area contributed by atoms with E-state index in [1.165, 1.54) is 0 Å². The highest BCUT2D eigenvalue weighted by molar-refractivity contribution is 6.31. The van der Waals surface area contributed by atoms with Crippen LogP contribution in [0.5, 0.6) is 0 Å². The second-order valence-corrected chi connectivity index (χ2v) is 4.19. The van der Waals surface area contributed by atoms with E-state index in [0.29, 0.717) is 10.6 Å². The number of aryl methyl sites for hydroxylation is 1. The molecule has 0 aromatic heterocycles. The van der Waals surface area contributed by atoms with E-state index in [9.17, 15) is 10.2 Å². The fraction of sp³-hybridized carbons (Fsp3) is 0.455. The Morgan fingerprint density at radius 3 is 2.82 bits per heavy atom. The first-order valence-corrected chi connectivity index (χ1v) is 5.57. The summed E-state index contributed by atoms with van der Waals surface area (Å²) in [7, 11) is 0. The molecule has 0 aliphatic rings. The lowest BCUT2D eigenvalue weighted by Crippen LogP contribution is -2.19. The molecule has 0 fully saturated rings. The van der Waals surface area contributed by atoms with Gasteiger partial charge in [0.2, 0.25) is 0 Å². The van der Waals surface area contributed by atoms with Gasteiger partial charge < -0.3 is 10.2 Å². The van der Waals surface area contributed by atoms with Crippen molar-refractivity contribution in [2.45, 2.75) is 25.6 Å². The average molecular weight is 256 g/mol. The van der Waals surface area contributed by atoms with Crippen LogP contribution in [0.1, 0.15) is 23.7 Å². The van der Waals surface area contributed by atoms with Crippen LogP contribution in [0.4, 0.5) is 0 Å². The maximum absolute atomic E-state index is 9.92. The number of azide groups is 1. The van der Waals surface area contributed by atoms with Crippen molar-refractivity contribution in [3.8, 4) is 0 Å². The molecule has 0 saturated heterocycles. The summed E-state index contributed by atoms with van der Waals surface area (Å²) in [6.45, 7) is 2.01. The maximum Gasteiger partial charge on any atom is 0.106 e. The molecule has 1 aromatic carbocycles. The Kier molecular flexibility index (Phi) is 5.25. The van der Waals surface area contributed by atoms with Crippen molar-refractivity contribution in [2.75, 3.05) is 6.54 Å². The first-order chi connectivity index (χ1) is 8.06. The van der Waals surface area contributed by atoms with Gasteiger partial charge in [-0.05, 0) is 24.9 Å². The molecule has 6 heteroatoms. The number of aliphatic hydroxyl groups is 2. The number of rotatable bonds is 5. The van der Waals surface area contributed by atoms with Gasteiger partial charge in [0.1, 0.15) is 6.10 Å². The summed E-state index contributed by atoms with van der Waals surface area (Å²) in [6.07, 6.45) is -1.88. The minimum absolute atomic E-state index is 0.137. The van der Waals surface area contributed by atoms with Gasteiger partial charge in [-0.3, -0.25) is 0 Å². The van der Waals surface area contributed by atoms with Gasteiger partial charge in [-0.15, -0.1) is 0 Å². The van der Waals surface area contributed by atoms with Crippen LogP contribution in [0.25, 0.3) is 10.4 Å². The normalized spacial score (nSPS) is 13.9. The van der Waals surface area contributed by atoms with Crippen LogP contribution in [-0.2, 0) is 0 Å². The van der Waals surface area contributed by atoms with Gasteiger partial charge in [-0.2, -0.15) is 0 Å². The van der Waals surface area contributed by atoms with Crippen molar-refractivity contribution in [2.24, 2.45) is 5.11 Å². The van der Waals surface area contributed by atoms with Gasteiger partial charge in [0.05, 0.1) is 6.10 Å². The van der Waals surface area contributed by atoms with E-state index in [0.717, 1.165) is 5.56 Å². The fourth-order valence-corrected chi connectivity index (χ4v) is 1.72. The zero-order chi connectivity index (χ0) is 12.8. The van der Waals surface area contributed by atoms with Crippen molar-refractivity contribution in [3.05, 3.63) is 44.8 Å². The van der Waals surface area contributed by atoms with E-state index in [1.54, 1.807) is 12.1 Å². The quantitative estimate of drug-likeness (QED) is 0.481. The van der Waals surface area contributed by atoms with Crippen molar-refractivity contribution in [1.82, 2.24) is 0 Å². The molecule has 0 aliphatic heterocycles. The van der Waals surface area contributed by atoms with Crippen molar-refractivity contribution < 1.29 is 10.2 Å². The summed E-state index contributed by atoms with van der Waals surface area (Å²) in [4.78, 5) is 2.58. The number of nitrogens with zero attached hydrogens (tertiary/aromatic N) is 3. The minimum atomic E-state index is -1.07. The third-order valence-corrected chi connectivity index (χ3v) is 2.77. The van der Waals surface area contributed by atoms with Crippen molar-refractivity contribution in [3.63, 3.8) is 0 Å². The molecule has 0 saturated carbocycles. The molecular weight excluding hydrogens is 242 g/mol. The standard InChI is InChI=1S/C11H14ClN3O2/c1-7-2-3-9(12)8(6-7)11(17)10(16)4-5-14-15-13/h2-3,6,10-11,16-17H,4-5H2,1H3. The van der Waals surface area contributed by atoms with Crippen LogP contribution < -0.4 is 0 Å². The molecular formula is C11H14ClN3O2.